The Morgan fingerprint density at radius 3 is 2.55 bits per heavy atom. The fraction of sp³-hybridized carbons (Fsp3) is 0.333. The predicted octanol–water partition coefficient (Wildman–Crippen LogP) is 6.01. The number of benzene rings is 2. The molecule has 0 amide bonds. The summed E-state index contributed by atoms with van der Waals surface area (Å²) in [4.78, 5) is 16.2. The van der Waals surface area contributed by atoms with Crippen LogP contribution in [0.1, 0.15) is 30.9 Å². The Labute approximate surface area is 254 Å². The molecule has 0 aliphatic carbocycles. The maximum absolute atomic E-state index is 15.0. The monoisotopic (exact) mass is 599 g/mol. The zero-order chi connectivity index (χ0) is 30.3. The van der Waals surface area contributed by atoms with E-state index in [4.69, 9.17) is 24.5 Å². The van der Waals surface area contributed by atoms with Gasteiger partial charge in [0.2, 0.25) is 0 Å². The molecule has 11 heteroatoms. The highest BCUT2D eigenvalue weighted by Crippen LogP contribution is 2.30. The average molecular weight is 600 g/mol. The molecule has 4 heterocycles. The molecule has 1 saturated heterocycles. The van der Waals surface area contributed by atoms with Gasteiger partial charge in [-0.25, -0.2) is 18.7 Å². The fourth-order valence-electron chi connectivity index (χ4n) is 5.40. The number of nitrogens with one attached hydrogen (secondary N) is 1. The number of hydrogen-bond acceptors (Lipinski definition) is 8. The van der Waals surface area contributed by atoms with Gasteiger partial charge in [0.1, 0.15) is 28.9 Å². The smallest absolute Gasteiger partial charge is 0.182 e. The SMILES string of the molecule is CCOc1cc(F)c(Cn2nc(-c3ncc(CCCCN4CCOCC4)c(Nc4ccncc4)n3)c3ccccc32)c(F)c1. The van der Waals surface area contributed by atoms with Crippen molar-refractivity contribution in [1.29, 1.82) is 0 Å². The minimum Gasteiger partial charge on any atom is -0.494 e. The summed E-state index contributed by atoms with van der Waals surface area (Å²) in [5.74, 6) is -0.114. The molecule has 1 fully saturated rings. The molecule has 1 aliphatic heterocycles. The van der Waals surface area contributed by atoms with Crippen molar-refractivity contribution < 1.29 is 18.3 Å². The Kier molecular flexibility index (Phi) is 9.33. The van der Waals surface area contributed by atoms with E-state index in [-0.39, 0.29) is 17.9 Å². The van der Waals surface area contributed by atoms with E-state index >= 15 is 0 Å². The molecule has 1 aliphatic rings. The molecule has 0 unspecified atom stereocenters. The molecule has 0 spiro atoms. The highest BCUT2D eigenvalue weighted by molar-refractivity contribution is 5.91. The lowest BCUT2D eigenvalue weighted by molar-refractivity contribution is 0.0372. The zero-order valence-corrected chi connectivity index (χ0v) is 24.7. The van der Waals surface area contributed by atoms with Crippen molar-refractivity contribution in [3.05, 3.63) is 89.9 Å². The first-order valence-corrected chi connectivity index (χ1v) is 15.0. The van der Waals surface area contributed by atoms with Gasteiger partial charge in [-0.1, -0.05) is 18.2 Å². The van der Waals surface area contributed by atoms with Gasteiger partial charge in [-0.3, -0.25) is 14.6 Å². The Morgan fingerprint density at radius 2 is 1.77 bits per heavy atom. The van der Waals surface area contributed by atoms with Crippen LogP contribution in [0.2, 0.25) is 0 Å². The van der Waals surface area contributed by atoms with Crippen LogP contribution in [0.4, 0.5) is 20.3 Å². The van der Waals surface area contributed by atoms with Crippen LogP contribution in [0.5, 0.6) is 5.75 Å². The van der Waals surface area contributed by atoms with Crippen LogP contribution in [0.3, 0.4) is 0 Å². The van der Waals surface area contributed by atoms with Gasteiger partial charge in [0, 0.05) is 66.0 Å². The topological polar surface area (TPSA) is 90.2 Å². The number of anilines is 2. The van der Waals surface area contributed by atoms with Crippen molar-refractivity contribution in [2.24, 2.45) is 0 Å². The second-order valence-electron chi connectivity index (χ2n) is 10.7. The van der Waals surface area contributed by atoms with E-state index in [0.29, 0.717) is 23.9 Å². The van der Waals surface area contributed by atoms with Gasteiger partial charge in [-0.2, -0.15) is 5.10 Å². The van der Waals surface area contributed by atoms with E-state index in [9.17, 15) is 8.78 Å². The van der Waals surface area contributed by atoms with E-state index in [1.54, 1.807) is 24.0 Å². The van der Waals surface area contributed by atoms with E-state index in [2.05, 4.69) is 15.2 Å². The molecule has 228 valence electrons. The summed E-state index contributed by atoms with van der Waals surface area (Å²) >= 11 is 0. The summed E-state index contributed by atoms with van der Waals surface area (Å²) < 4.78 is 42.3. The molecular formula is C33H35F2N7O2. The van der Waals surface area contributed by atoms with Crippen molar-refractivity contribution in [2.45, 2.75) is 32.7 Å². The first-order valence-electron chi connectivity index (χ1n) is 15.0. The van der Waals surface area contributed by atoms with Gasteiger partial charge in [0.15, 0.2) is 5.82 Å². The molecule has 0 radical (unpaired) electrons. The summed E-state index contributed by atoms with van der Waals surface area (Å²) in [5, 5.41) is 8.99. The molecule has 5 aromatic rings. The Hall–Kier alpha value is -4.48. The quantitative estimate of drug-likeness (QED) is 0.174. The number of pyridine rings is 1. The molecule has 3 aromatic heterocycles. The zero-order valence-electron chi connectivity index (χ0n) is 24.7. The summed E-state index contributed by atoms with van der Waals surface area (Å²) in [7, 11) is 0. The number of hydrogen-bond donors (Lipinski definition) is 1. The first-order chi connectivity index (χ1) is 21.6. The van der Waals surface area contributed by atoms with Crippen LogP contribution < -0.4 is 10.1 Å². The lowest BCUT2D eigenvalue weighted by atomic mass is 10.1. The van der Waals surface area contributed by atoms with Gasteiger partial charge in [0.05, 0.1) is 31.9 Å². The third kappa shape index (κ3) is 6.84. The van der Waals surface area contributed by atoms with Gasteiger partial charge >= 0.3 is 0 Å². The van der Waals surface area contributed by atoms with Crippen molar-refractivity contribution in [3.8, 4) is 17.3 Å². The fourth-order valence-corrected chi connectivity index (χ4v) is 5.40. The Bertz CT molecular complexity index is 1680. The molecular weight excluding hydrogens is 564 g/mol. The molecule has 0 atom stereocenters. The van der Waals surface area contributed by atoms with Gasteiger partial charge in [0.25, 0.3) is 0 Å². The molecule has 0 bridgehead atoms. The number of para-hydroxylation sites is 1. The van der Waals surface area contributed by atoms with Crippen LogP contribution in [0.15, 0.2) is 67.1 Å². The molecule has 1 N–H and O–H groups in total. The van der Waals surface area contributed by atoms with Crippen molar-refractivity contribution in [2.75, 3.05) is 44.8 Å². The maximum Gasteiger partial charge on any atom is 0.182 e. The second kappa shape index (κ2) is 13.9. The van der Waals surface area contributed by atoms with E-state index in [1.165, 1.54) is 12.1 Å². The van der Waals surface area contributed by atoms with Crippen LogP contribution in [-0.4, -0.2) is 69.1 Å². The number of fused-ring (bicyclic) bond motifs is 1. The van der Waals surface area contributed by atoms with Crippen LogP contribution in [0, 0.1) is 11.6 Å². The van der Waals surface area contributed by atoms with E-state index in [1.807, 2.05) is 42.6 Å². The molecule has 9 nitrogen and oxygen atoms in total. The Balaban J connectivity index is 1.29. The average Bonchev–Trinajstić information content (AvgIpc) is 3.41. The summed E-state index contributed by atoms with van der Waals surface area (Å²) in [6.45, 7) is 6.56. The molecule has 2 aromatic carbocycles. The summed E-state index contributed by atoms with van der Waals surface area (Å²) in [6.07, 6.45) is 8.15. The molecule has 6 rings (SSSR count). The molecule has 0 saturated carbocycles. The highest BCUT2D eigenvalue weighted by Gasteiger charge is 2.20. The lowest BCUT2D eigenvalue weighted by Gasteiger charge is -2.26. The van der Waals surface area contributed by atoms with Crippen molar-refractivity contribution >= 4 is 22.4 Å². The number of unbranched alkanes of at least 4 members (excludes halogenated alkanes) is 1. The lowest BCUT2D eigenvalue weighted by Crippen LogP contribution is -2.36. The summed E-state index contributed by atoms with van der Waals surface area (Å²) in [6, 6.07) is 13.7. The largest absolute Gasteiger partial charge is 0.494 e. The number of ether oxygens (including phenoxy) is 2. The third-order valence-electron chi connectivity index (χ3n) is 7.68. The summed E-state index contributed by atoms with van der Waals surface area (Å²) in [5.41, 5.74) is 3.01. The maximum atomic E-state index is 15.0. The number of nitrogens with zero attached hydrogens (tertiary/aromatic N) is 6. The van der Waals surface area contributed by atoms with Gasteiger partial charge < -0.3 is 14.8 Å². The standard InChI is InChI=1S/C33H35F2N7O2/c1-2-44-25-19-28(34)27(29(35)20-25)22-42-30-9-4-3-8-26(30)31(40-42)33-37-21-23(7-5-6-14-41-15-17-43-18-16-41)32(39-33)38-24-10-12-36-13-11-24/h3-4,8-13,19-21H,2,5-7,14-18,22H2,1H3,(H,36,37,38,39). The van der Waals surface area contributed by atoms with Crippen LogP contribution in [-0.2, 0) is 17.7 Å². The third-order valence-corrected chi connectivity index (χ3v) is 7.68. The Morgan fingerprint density at radius 1 is 1.00 bits per heavy atom. The number of aromatic nitrogens is 5. The minimum absolute atomic E-state index is 0.0957. The minimum atomic E-state index is -0.687. The highest BCUT2D eigenvalue weighted by atomic mass is 19.1. The van der Waals surface area contributed by atoms with E-state index < -0.39 is 11.6 Å². The number of rotatable bonds is 12. The number of morpholine rings is 1. The number of halogens is 2. The van der Waals surface area contributed by atoms with Crippen molar-refractivity contribution in [1.82, 2.24) is 29.6 Å². The predicted molar refractivity (Wildman–Crippen MR) is 165 cm³/mol. The van der Waals surface area contributed by atoms with Crippen LogP contribution in [0.25, 0.3) is 22.4 Å². The van der Waals surface area contributed by atoms with Gasteiger partial charge in [-0.05, 0) is 50.9 Å². The normalized spacial score (nSPS) is 13.8. The molecule has 44 heavy (non-hydrogen) atoms. The van der Waals surface area contributed by atoms with E-state index in [0.717, 1.165) is 74.3 Å². The van der Waals surface area contributed by atoms with Crippen LogP contribution >= 0.6 is 0 Å². The van der Waals surface area contributed by atoms with Crippen molar-refractivity contribution in [3.63, 3.8) is 0 Å². The van der Waals surface area contributed by atoms with Gasteiger partial charge in [-0.15, -0.1) is 0 Å². The second-order valence-corrected chi connectivity index (χ2v) is 10.7. The first kappa shape index (κ1) is 29.6. The number of aryl methyl sites for hydroxylation is 1.